The summed E-state index contributed by atoms with van der Waals surface area (Å²) in [6, 6.07) is 0. The highest BCUT2D eigenvalue weighted by Crippen LogP contribution is 2.62. The van der Waals surface area contributed by atoms with Crippen LogP contribution in [0.4, 0.5) is 4.39 Å². The molecule has 2 rings (SSSR count). The first-order valence-corrected chi connectivity index (χ1v) is 7.01. The minimum atomic E-state index is -2.05. The Morgan fingerprint density at radius 2 is 1.91 bits per heavy atom. The topological polar surface area (TPSA) is 116 Å². The fraction of sp³-hybridized carbons (Fsp3) is 0.786. The number of carboxylic acids is 1. The Balaban J connectivity index is 1.87. The molecule has 0 amide bonds. The SMILES string of the molecule is CC(C)(C)C(=O)OCOC(=O)[C@H]1[C@@H]2C[C@H](F)[C@@](N)(C(=O)O)[C@@H]21. The highest BCUT2D eigenvalue weighted by molar-refractivity contribution is 5.86. The first-order chi connectivity index (χ1) is 10.0. The molecule has 0 heterocycles. The number of hydrogen-bond acceptors (Lipinski definition) is 6. The van der Waals surface area contributed by atoms with Gasteiger partial charge in [0, 0.05) is 5.92 Å². The molecule has 0 radical (unpaired) electrons. The number of ether oxygens (including phenoxy) is 2. The number of esters is 2. The minimum absolute atomic E-state index is 0.0744. The van der Waals surface area contributed by atoms with Gasteiger partial charge >= 0.3 is 17.9 Å². The predicted molar refractivity (Wildman–Crippen MR) is 71.0 cm³/mol. The van der Waals surface area contributed by atoms with Gasteiger partial charge in [0.1, 0.15) is 11.7 Å². The summed E-state index contributed by atoms with van der Waals surface area (Å²) in [6.07, 6.45) is -1.75. The van der Waals surface area contributed by atoms with Crippen LogP contribution in [0.25, 0.3) is 0 Å². The van der Waals surface area contributed by atoms with Crippen LogP contribution in [-0.2, 0) is 23.9 Å². The summed E-state index contributed by atoms with van der Waals surface area (Å²) in [5.74, 6) is -4.64. The summed E-state index contributed by atoms with van der Waals surface area (Å²) in [5.41, 5.74) is 2.86. The molecule has 0 aliphatic heterocycles. The number of carbonyl (C=O) groups excluding carboxylic acids is 2. The molecule has 0 aromatic rings. The second kappa shape index (κ2) is 5.19. The molecule has 3 N–H and O–H groups in total. The predicted octanol–water partition coefficient (Wildman–Crippen LogP) is 0.463. The van der Waals surface area contributed by atoms with Crippen molar-refractivity contribution in [1.82, 2.24) is 0 Å². The van der Waals surface area contributed by atoms with E-state index in [1.54, 1.807) is 20.8 Å². The maximum absolute atomic E-state index is 13.7. The Morgan fingerprint density at radius 3 is 2.41 bits per heavy atom. The van der Waals surface area contributed by atoms with Crippen molar-refractivity contribution in [3.8, 4) is 0 Å². The molecule has 0 unspecified atom stereocenters. The van der Waals surface area contributed by atoms with Gasteiger partial charge < -0.3 is 20.3 Å². The number of carbonyl (C=O) groups is 3. The zero-order valence-corrected chi connectivity index (χ0v) is 12.7. The molecule has 7 nitrogen and oxygen atoms in total. The molecule has 2 fully saturated rings. The first kappa shape index (κ1) is 16.7. The van der Waals surface area contributed by atoms with Crippen LogP contribution in [0.15, 0.2) is 0 Å². The Kier molecular flexibility index (Phi) is 3.93. The van der Waals surface area contributed by atoms with E-state index in [0.29, 0.717) is 0 Å². The third kappa shape index (κ3) is 2.55. The molecular weight excluding hydrogens is 297 g/mol. The second-order valence-electron chi connectivity index (χ2n) is 6.92. The largest absolute Gasteiger partial charge is 0.480 e. The maximum atomic E-state index is 13.7. The van der Waals surface area contributed by atoms with E-state index in [4.69, 9.17) is 20.3 Å². The molecule has 22 heavy (non-hydrogen) atoms. The lowest BCUT2D eigenvalue weighted by Crippen LogP contribution is -2.56. The van der Waals surface area contributed by atoms with E-state index in [2.05, 4.69) is 0 Å². The van der Waals surface area contributed by atoms with Gasteiger partial charge in [-0.2, -0.15) is 0 Å². The fourth-order valence-corrected chi connectivity index (χ4v) is 3.01. The van der Waals surface area contributed by atoms with Gasteiger partial charge in [0.05, 0.1) is 11.3 Å². The molecule has 0 saturated heterocycles. The Hall–Kier alpha value is -1.70. The van der Waals surface area contributed by atoms with Crippen LogP contribution in [0.2, 0.25) is 0 Å². The first-order valence-electron chi connectivity index (χ1n) is 7.01. The Morgan fingerprint density at radius 1 is 1.32 bits per heavy atom. The van der Waals surface area contributed by atoms with Crippen molar-refractivity contribution in [3.05, 3.63) is 0 Å². The standard InChI is InChI=1S/C14H20FNO6/c1-13(2,3)12(20)22-5-21-10(17)8-6-4-7(15)14(16,9(6)8)11(18)19/h6-9H,4-5,16H2,1-3H3,(H,18,19)/t6-,7-,8-,9-,14-/m0/s1. The van der Waals surface area contributed by atoms with E-state index < -0.39 is 59.6 Å². The molecule has 2 aliphatic carbocycles. The van der Waals surface area contributed by atoms with E-state index in [-0.39, 0.29) is 6.42 Å². The van der Waals surface area contributed by atoms with Crippen molar-refractivity contribution in [2.75, 3.05) is 6.79 Å². The minimum Gasteiger partial charge on any atom is -0.480 e. The van der Waals surface area contributed by atoms with Gasteiger partial charge in [-0.05, 0) is 33.1 Å². The smallest absolute Gasteiger partial charge is 0.327 e. The number of hydrogen-bond donors (Lipinski definition) is 2. The summed E-state index contributed by atoms with van der Waals surface area (Å²) in [5, 5.41) is 9.09. The molecule has 0 aromatic heterocycles. The van der Waals surface area contributed by atoms with Crippen LogP contribution in [0, 0.1) is 23.2 Å². The number of nitrogens with two attached hydrogens (primary N) is 1. The van der Waals surface area contributed by atoms with Gasteiger partial charge in [-0.3, -0.25) is 14.4 Å². The van der Waals surface area contributed by atoms with E-state index in [9.17, 15) is 18.8 Å². The van der Waals surface area contributed by atoms with Crippen LogP contribution in [0.1, 0.15) is 27.2 Å². The van der Waals surface area contributed by atoms with Crippen molar-refractivity contribution in [2.24, 2.45) is 28.9 Å². The quantitative estimate of drug-likeness (QED) is 0.571. The summed E-state index contributed by atoms with van der Waals surface area (Å²) < 4.78 is 23.3. The normalized spacial score (nSPS) is 36.4. The van der Waals surface area contributed by atoms with Gasteiger partial charge in [0.15, 0.2) is 0 Å². The van der Waals surface area contributed by atoms with Crippen LogP contribution >= 0.6 is 0 Å². The van der Waals surface area contributed by atoms with Gasteiger partial charge in [-0.15, -0.1) is 0 Å². The molecule has 0 spiro atoms. The highest BCUT2D eigenvalue weighted by Gasteiger charge is 2.74. The number of rotatable bonds is 4. The van der Waals surface area contributed by atoms with E-state index in [1.165, 1.54) is 0 Å². The number of alkyl halides is 1. The number of halogens is 1. The lowest BCUT2D eigenvalue weighted by Gasteiger charge is -2.25. The van der Waals surface area contributed by atoms with Crippen LogP contribution in [0.5, 0.6) is 0 Å². The van der Waals surface area contributed by atoms with Crippen molar-refractivity contribution in [1.29, 1.82) is 0 Å². The average molecular weight is 317 g/mol. The van der Waals surface area contributed by atoms with Gasteiger partial charge in [0.2, 0.25) is 6.79 Å². The number of aliphatic carboxylic acids is 1. The van der Waals surface area contributed by atoms with Crippen LogP contribution in [-0.4, -0.2) is 41.5 Å². The summed E-state index contributed by atoms with van der Waals surface area (Å²) in [7, 11) is 0. The summed E-state index contributed by atoms with van der Waals surface area (Å²) >= 11 is 0. The Bertz CT molecular complexity index is 516. The third-order valence-corrected chi connectivity index (χ3v) is 4.36. The lowest BCUT2D eigenvalue weighted by molar-refractivity contribution is -0.174. The second-order valence-corrected chi connectivity index (χ2v) is 6.92. The highest BCUT2D eigenvalue weighted by atomic mass is 19.1. The Labute approximate surface area is 126 Å². The van der Waals surface area contributed by atoms with Crippen LogP contribution < -0.4 is 5.73 Å². The molecule has 2 saturated carbocycles. The monoisotopic (exact) mass is 317 g/mol. The molecule has 2 aliphatic rings. The van der Waals surface area contributed by atoms with E-state index in [0.717, 1.165) is 0 Å². The third-order valence-electron chi connectivity index (χ3n) is 4.36. The van der Waals surface area contributed by atoms with Crippen molar-refractivity contribution in [3.63, 3.8) is 0 Å². The van der Waals surface area contributed by atoms with E-state index in [1.807, 2.05) is 0 Å². The van der Waals surface area contributed by atoms with Crippen molar-refractivity contribution < 1.29 is 33.4 Å². The summed E-state index contributed by atoms with van der Waals surface area (Å²) in [6.45, 7) is 4.41. The molecule has 8 heteroatoms. The van der Waals surface area contributed by atoms with Crippen LogP contribution in [0.3, 0.4) is 0 Å². The number of carboxylic acid groups (broad SMARTS) is 1. The molecule has 0 bridgehead atoms. The number of fused-ring (bicyclic) bond motifs is 1. The zero-order valence-electron chi connectivity index (χ0n) is 12.7. The van der Waals surface area contributed by atoms with Gasteiger partial charge in [0.25, 0.3) is 0 Å². The summed E-state index contributed by atoms with van der Waals surface area (Å²) in [4.78, 5) is 34.6. The molecular formula is C14H20FNO6. The zero-order chi connectivity index (χ0) is 16.9. The lowest BCUT2D eigenvalue weighted by atomic mass is 9.90. The van der Waals surface area contributed by atoms with Gasteiger partial charge in [-0.1, -0.05) is 0 Å². The average Bonchev–Trinajstić information content (AvgIpc) is 3.03. The molecule has 5 atom stereocenters. The van der Waals surface area contributed by atoms with Crippen molar-refractivity contribution >= 4 is 17.9 Å². The van der Waals surface area contributed by atoms with Crippen molar-refractivity contribution in [2.45, 2.75) is 38.9 Å². The van der Waals surface area contributed by atoms with Gasteiger partial charge in [-0.25, -0.2) is 4.39 Å². The fourth-order valence-electron chi connectivity index (χ4n) is 3.01. The van der Waals surface area contributed by atoms with E-state index >= 15 is 0 Å². The maximum Gasteiger partial charge on any atom is 0.327 e. The molecule has 124 valence electrons. The molecule has 0 aromatic carbocycles.